The minimum absolute atomic E-state index is 0. The Morgan fingerprint density at radius 3 is 1.78 bits per heavy atom. The second-order valence-electron chi connectivity index (χ2n) is 1.37. The average Bonchev–Trinajstić information content (AvgIpc) is 1.64. The van der Waals surface area contributed by atoms with Gasteiger partial charge in [0.2, 0.25) is 0 Å². The highest BCUT2D eigenvalue weighted by atomic mass is 16.0. The Kier molecular flexibility index (Phi) is 2.40. The van der Waals surface area contributed by atoms with E-state index < -0.39 is 0 Å². The first-order chi connectivity index (χ1) is 3.79. The van der Waals surface area contributed by atoms with Crippen molar-refractivity contribution in [1.29, 1.82) is 0 Å². The number of anilines is 2. The van der Waals surface area contributed by atoms with Gasteiger partial charge in [-0.25, -0.2) is 9.97 Å². The van der Waals surface area contributed by atoms with Gasteiger partial charge in [-0.05, 0) is 0 Å². The van der Waals surface area contributed by atoms with Crippen LogP contribution in [0, 0.1) is 0 Å². The van der Waals surface area contributed by atoms with E-state index in [2.05, 4.69) is 9.97 Å². The summed E-state index contributed by atoms with van der Waals surface area (Å²) in [6.07, 6.45) is 1.32. The van der Waals surface area contributed by atoms with Gasteiger partial charge < -0.3 is 16.9 Å². The largest absolute Gasteiger partial charge is 0.412 e. The molecular weight excluding hydrogens is 120 g/mol. The third kappa shape index (κ3) is 1.92. The van der Waals surface area contributed by atoms with Crippen LogP contribution in [0.15, 0.2) is 12.4 Å². The highest BCUT2D eigenvalue weighted by Gasteiger charge is 1.84. The smallest absolute Gasteiger partial charge is 0.128 e. The maximum absolute atomic E-state index is 5.23. The zero-order chi connectivity index (χ0) is 5.98. The fraction of sp³-hybridized carbons (Fsp3) is 0. The third-order valence-electron chi connectivity index (χ3n) is 0.709. The molecule has 0 fully saturated rings. The Labute approximate surface area is 52.0 Å². The maximum Gasteiger partial charge on any atom is 0.128 e. The molecule has 5 heteroatoms. The lowest BCUT2D eigenvalue weighted by Gasteiger charge is -1.89. The summed E-state index contributed by atoms with van der Waals surface area (Å²) < 4.78 is 0. The standard InChI is InChI=1S/C4H6N4.H2O/c5-3-1-4(6)8-2-7-3;/h1-2H,(H4,5,6,7,8);1H2. The Balaban J connectivity index is 0.000000640. The molecule has 50 valence electrons. The molecule has 0 saturated heterocycles. The number of nitrogens with zero attached hydrogens (tertiary/aromatic N) is 2. The molecule has 0 aliphatic rings. The number of hydrogen-bond acceptors (Lipinski definition) is 4. The molecule has 9 heavy (non-hydrogen) atoms. The number of aromatic nitrogens is 2. The van der Waals surface area contributed by atoms with E-state index in [1.807, 2.05) is 0 Å². The summed E-state index contributed by atoms with van der Waals surface area (Å²) in [6, 6.07) is 1.50. The molecule has 0 spiro atoms. The van der Waals surface area contributed by atoms with E-state index in [9.17, 15) is 0 Å². The summed E-state index contributed by atoms with van der Waals surface area (Å²) in [5.74, 6) is 0.801. The third-order valence-corrected chi connectivity index (χ3v) is 0.709. The average molecular weight is 128 g/mol. The van der Waals surface area contributed by atoms with Crippen LogP contribution >= 0.6 is 0 Å². The van der Waals surface area contributed by atoms with Crippen molar-refractivity contribution >= 4 is 11.6 Å². The van der Waals surface area contributed by atoms with Crippen molar-refractivity contribution in [3.05, 3.63) is 12.4 Å². The molecule has 1 rings (SSSR count). The monoisotopic (exact) mass is 128 g/mol. The second kappa shape index (κ2) is 2.83. The minimum atomic E-state index is 0. The van der Waals surface area contributed by atoms with Crippen LogP contribution in [0.1, 0.15) is 0 Å². The molecule has 0 radical (unpaired) electrons. The van der Waals surface area contributed by atoms with Gasteiger partial charge in [0.25, 0.3) is 0 Å². The molecule has 0 amide bonds. The lowest BCUT2D eigenvalue weighted by molar-refractivity contribution is 0.824. The first kappa shape index (κ1) is 7.64. The molecule has 0 unspecified atom stereocenters. The Morgan fingerprint density at radius 1 is 1.11 bits per heavy atom. The van der Waals surface area contributed by atoms with Gasteiger partial charge in [-0.3, -0.25) is 0 Å². The van der Waals surface area contributed by atoms with Crippen molar-refractivity contribution in [1.82, 2.24) is 9.97 Å². The Hall–Kier alpha value is -1.36. The van der Waals surface area contributed by atoms with Crippen molar-refractivity contribution in [3.8, 4) is 0 Å². The van der Waals surface area contributed by atoms with Gasteiger partial charge in [0, 0.05) is 6.07 Å². The van der Waals surface area contributed by atoms with E-state index >= 15 is 0 Å². The Morgan fingerprint density at radius 2 is 1.56 bits per heavy atom. The van der Waals surface area contributed by atoms with Gasteiger partial charge in [0.15, 0.2) is 0 Å². The molecule has 1 aromatic rings. The van der Waals surface area contributed by atoms with Crippen molar-refractivity contribution in [2.75, 3.05) is 11.5 Å². The molecule has 5 nitrogen and oxygen atoms in total. The Bertz CT molecular complexity index is 172. The fourth-order valence-electron chi connectivity index (χ4n) is 0.388. The van der Waals surface area contributed by atoms with Crippen molar-refractivity contribution < 1.29 is 5.48 Å². The van der Waals surface area contributed by atoms with E-state index in [0.29, 0.717) is 11.6 Å². The molecule has 0 aliphatic heterocycles. The summed E-state index contributed by atoms with van der Waals surface area (Å²) in [6.45, 7) is 0. The van der Waals surface area contributed by atoms with Gasteiger partial charge in [-0.1, -0.05) is 0 Å². The molecule has 0 aromatic carbocycles. The van der Waals surface area contributed by atoms with Crippen LogP contribution in [0.2, 0.25) is 0 Å². The lowest BCUT2D eigenvalue weighted by Crippen LogP contribution is -1.94. The van der Waals surface area contributed by atoms with Gasteiger partial charge in [0.05, 0.1) is 0 Å². The second-order valence-corrected chi connectivity index (χ2v) is 1.37. The quantitative estimate of drug-likeness (QED) is 0.458. The summed E-state index contributed by atoms with van der Waals surface area (Å²) in [5, 5.41) is 0. The van der Waals surface area contributed by atoms with Crippen LogP contribution in [0.3, 0.4) is 0 Å². The van der Waals surface area contributed by atoms with Crippen LogP contribution < -0.4 is 11.5 Å². The van der Waals surface area contributed by atoms with E-state index in [4.69, 9.17) is 11.5 Å². The predicted molar refractivity (Wildman–Crippen MR) is 34.5 cm³/mol. The first-order valence-electron chi connectivity index (χ1n) is 2.12. The zero-order valence-corrected chi connectivity index (χ0v) is 4.70. The molecule has 0 saturated carbocycles. The number of rotatable bonds is 0. The summed E-state index contributed by atoms with van der Waals surface area (Å²) in [7, 11) is 0. The molecule has 6 N–H and O–H groups in total. The fourth-order valence-corrected chi connectivity index (χ4v) is 0.388. The number of nitrogens with two attached hydrogens (primary N) is 2. The van der Waals surface area contributed by atoms with Crippen LogP contribution in [0.4, 0.5) is 11.6 Å². The zero-order valence-electron chi connectivity index (χ0n) is 4.70. The predicted octanol–water partition coefficient (Wildman–Crippen LogP) is -1.18. The topological polar surface area (TPSA) is 109 Å². The minimum Gasteiger partial charge on any atom is -0.412 e. The van der Waals surface area contributed by atoms with Gasteiger partial charge in [-0.2, -0.15) is 0 Å². The molecule has 0 aliphatic carbocycles. The van der Waals surface area contributed by atoms with Crippen LogP contribution in [0.5, 0.6) is 0 Å². The van der Waals surface area contributed by atoms with Gasteiger partial charge in [-0.15, -0.1) is 0 Å². The van der Waals surface area contributed by atoms with Crippen LogP contribution in [-0.4, -0.2) is 15.4 Å². The summed E-state index contributed by atoms with van der Waals surface area (Å²) >= 11 is 0. The molecule has 1 aromatic heterocycles. The molecule has 1 heterocycles. The molecular formula is C4H8N4O. The first-order valence-corrected chi connectivity index (χ1v) is 2.12. The normalized spacial score (nSPS) is 8.00. The van der Waals surface area contributed by atoms with Gasteiger partial charge >= 0.3 is 0 Å². The SMILES string of the molecule is Nc1cc(N)ncn1.O. The van der Waals surface area contributed by atoms with Crippen LogP contribution in [-0.2, 0) is 0 Å². The maximum atomic E-state index is 5.23. The lowest BCUT2D eigenvalue weighted by atomic mass is 10.5. The molecule has 0 atom stereocenters. The highest BCUT2D eigenvalue weighted by molar-refractivity contribution is 5.38. The van der Waals surface area contributed by atoms with E-state index in [1.54, 1.807) is 0 Å². The van der Waals surface area contributed by atoms with Crippen molar-refractivity contribution in [2.24, 2.45) is 0 Å². The van der Waals surface area contributed by atoms with E-state index in [1.165, 1.54) is 12.4 Å². The highest BCUT2D eigenvalue weighted by Crippen LogP contribution is 1.97. The van der Waals surface area contributed by atoms with Crippen LogP contribution in [0.25, 0.3) is 0 Å². The molecule has 0 bridgehead atoms. The number of hydrogen-bond donors (Lipinski definition) is 2. The summed E-state index contributed by atoms with van der Waals surface area (Å²) in [4.78, 5) is 7.25. The van der Waals surface area contributed by atoms with Gasteiger partial charge in [0.1, 0.15) is 18.0 Å². The van der Waals surface area contributed by atoms with Crippen molar-refractivity contribution in [3.63, 3.8) is 0 Å². The van der Waals surface area contributed by atoms with Crippen molar-refractivity contribution in [2.45, 2.75) is 0 Å². The summed E-state index contributed by atoms with van der Waals surface area (Å²) in [5.41, 5.74) is 10.5. The van der Waals surface area contributed by atoms with E-state index in [-0.39, 0.29) is 5.48 Å². The van der Waals surface area contributed by atoms with E-state index in [0.717, 1.165) is 0 Å². The number of nitrogen functional groups attached to an aromatic ring is 2.